The zero-order chi connectivity index (χ0) is 37.4. The number of nitro benzene ring substituents is 2. The van der Waals surface area contributed by atoms with E-state index < -0.39 is 98.4 Å². The van der Waals surface area contributed by atoms with E-state index in [9.17, 15) is 68.9 Å². The Kier molecular flexibility index (Phi) is 10.6. The number of halogens is 10. The highest BCUT2D eigenvalue weighted by molar-refractivity contribution is 5.68. The lowest BCUT2D eigenvalue weighted by Gasteiger charge is -2.41. The molecule has 1 aliphatic heterocycles. The summed E-state index contributed by atoms with van der Waals surface area (Å²) in [5.74, 6) is -13.8. The van der Waals surface area contributed by atoms with Crippen LogP contribution in [0.5, 0.6) is 11.5 Å². The molecular formula is C28H27F10N3O8. The molecule has 0 saturated carbocycles. The smallest absolute Gasteiger partial charge is 0.458 e. The molecule has 1 fully saturated rings. The lowest BCUT2D eigenvalue weighted by atomic mass is 9.79. The Bertz CT molecular complexity index is 1470. The molecule has 272 valence electrons. The quantitative estimate of drug-likeness (QED) is 0.136. The lowest BCUT2D eigenvalue weighted by molar-refractivity contribution is -0.385. The molecule has 2 aromatic carbocycles. The highest BCUT2D eigenvalue weighted by Gasteiger charge is 2.61. The Morgan fingerprint density at radius 3 is 1.41 bits per heavy atom. The molecule has 0 bridgehead atoms. The number of nitro groups is 2. The van der Waals surface area contributed by atoms with E-state index in [4.69, 9.17) is 14.2 Å². The van der Waals surface area contributed by atoms with Crippen LogP contribution in [0.15, 0.2) is 36.4 Å². The Balaban J connectivity index is 2.06. The first kappa shape index (κ1) is 38.9. The SMILES string of the molecule is CC(C)(C)OC(=O)N1CCC(COc2cc([N+](=O)[O-])ccc2C(F)(F)C(F)(F)F)(COc2cc([N+](=O)[O-])ccc2C(F)(F)C(F)(F)F)CC1. The first-order valence-corrected chi connectivity index (χ1v) is 13.9. The molecule has 11 nitrogen and oxygen atoms in total. The first-order valence-electron chi connectivity index (χ1n) is 13.9. The number of nitrogens with zero attached hydrogens (tertiary/aromatic N) is 3. The van der Waals surface area contributed by atoms with E-state index in [2.05, 4.69) is 0 Å². The third kappa shape index (κ3) is 8.72. The van der Waals surface area contributed by atoms with Gasteiger partial charge in [0.25, 0.3) is 11.4 Å². The van der Waals surface area contributed by atoms with Gasteiger partial charge in [-0.3, -0.25) is 20.2 Å². The molecule has 1 aliphatic rings. The molecule has 0 radical (unpaired) electrons. The monoisotopic (exact) mass is 723 g/mol. The molecular weight excluding hydrogens is 696 g/mol. The first-order chi connectivity index (χ1) is 22.2. The van der Waals surface area contributed by atoms with Crippen molar-refractivity contribution in [3.63, 3.8) is 0 Å². The van der Waals surface area contributed by atoms with Gasteiger partial charge < -0.3 is 19.1 Å². The largest absolute Gasteiger partial charge is 0.492 e. The van der Waals surface area contributed by atoms with E-state index in [0.29, 0.717) is 12.1 Å². The maximum absolute atomic E-state index is 14.4. The van der Waals surface area contributed by atoms with Gasteiger partial charge in [-0.25, -0.2) is 4.79 Å². The number of hydrogen-bond acceptors (Lipinski definition) is 8. The molecule has 1 saturated heterocycles. The van der Waals surface area contributed by atoms with E-state index in [1.807, 2.05) is 0 Å². The number of amides is 1. The summed E-state index contributed by atoms with van der Waals surface area (Å²) in [5.41, 5.74) is -8.25. The fraction of sp³-hybridized carbons (Fsp3) is 0.536. The number of ether oxygens (including phenoxy) is 3. The van der Waals surface area contributed by atoms with Gasteiger partial charge in [-0.2, -0.15) is 43.9 Å². The third-order valence-electron chi connectivity index (χ3n) is 7.28. The summed E-state index contributed by atoms with van der Waals surface area (Å²) >= 11 is 0. The van der Waals surface area contributed by atoms with Crippen LogP contribution >= 0.6 is 0 Å². The Morgan fingerprint density at radius 2 is 1.10 bits per heavy atom. The fourth-order valence-corrected chi connectivity index (χ4v) is 4.59. The van der Waals surface area contributed by atoms with E-state index in [1.54, 1.807) is 20.8 Å². The van der Waals surface area contributed by atoms with Gasteiger partial charge in [0.2, 0.25) is 0 Å². The van der Waals surface area contributed by atoms with Gasteiger partial charge in [-0.15, -0.1) is 0 Å². The Hall–Kier alpha value is -4.59. The topological polar surface area (TPSA) is 134 Å². The molecule has 0 unspecified atom stereocenters. The van der Waals surface area contributed by atoms with Gasteiger partial charge in [-0.1, -0.05) is 0 Å². The maximum Gasteiger partial charge on any atom is 0.458 e. The normalized spacial score (nSPS) is 15.8. The van der Waals surface area contributed by atoms with Crippen LogP contribution in [0.3, 0.4) is 0 Å². The molecule has 49 heavy (non-hydrogen) atoms. The molecule has 3 rings (SSSR count). The highest BCUT2D eigenvalue weighted by Crippen LogP contribution is 2.50. The van der Waals surface area contributed by atoms with Gasteiger partial charge in [0.1, 0.15) is 17.1 Å². The number of piperidine rings is 1. The Labute approximate surface area is 270 Å². The van der Waals surface area contributed by atoms with Crippen molar-refractivity contribution in [2.24, 2.45) is 5.41 Å². The van der Waals surface area contributed by atoms with Crippen molar-refractivity contribution in [2.75, 3.05) is 26.3 Å². The zero-order valence-corrected chi connectivity index (χ0v) is 25.6. The average Bonchev–Trinajstić information content (AvgIpc) is 2.97. The van der Waals surface area contributed by atoms with Crippen LogP contribution in [0.1, 0.15) is 44.7 Å². The molecule has 21 heteroatoms. The second-order valence-electron chi connectivity index (χ2n) is 12.1. The Morgan fingerprint density at radius 1 is 0.735 bits per heavy atom. The minimum atomic E-state index is -6.19. The minimum absolute atomic E-state index is 0.115. The summed E-state index contributed by atoms with van der Waals surface area (Å²) in [6.45, 7) is 2.16. The number of alkyl halides is 10. The van der Waals surface area contributed by atoms with E-state index >= 15 is 0 Å². The number of carbonyl (C=O) groups is 1. The number of non-ortho nitro benzene ring substituents is 2. The summed E-state index contributed by atoms with van der Waals surface area (Å²) in [4.78, 5) is 34.1. The molecule has 0 spiro atoms. The van der Waals surface area contributed by atoms with Gasteiger partial charge >= 0.3 is 30.3 Å². The van der Waals surface area contributed by atoms with Crippen LogP contribution in [-0.4, -0.2) is 65.1 Å². The molecule has 0 aliphatic carbocycles. The van der Waals surface area contributed by atoms with Crippen molar-refractivity contribution >= 4 is 17.5 Å². The van der Waals surface area contributed by atoms with Gasteiger partial charge in [0.05, 0.1) is 46.3 Å². The molecule has 0 atom stereocenters. The zero-order valence-electron chi connectivity index (χ0n) is 25.6. The van der Waals surface area contributed by atoms with Crippen LogP contribution in [0.4, 0.5) is 60.1 Å². The van der Waals surface area contributed by atoms with E-state index in [-0.39, 0.29) is 50.2 Å². The third-order valence-corrected chi connectivity index (χ3v) is 7.28. The summed E-state index contributed by atoms with van der Waals surface area (Å²) in [6, 6.07) is 1.52. The molecule has 1 heterocycles. The highest BCUT2D eigenvalue weighted by atomic mass is 19.4. The van der Waals surface area contributed by atoms with Crippen molar-refractivity contribution in [1.29, 1.82) is 0 Å². The number of likely N-dealkylation sites (tertiary alicyclic amines) is 1. The van der Waals surface area contributed by atoms with Gasteiger partial charge in [0, 0.05) is 30.6 Å². The van der Waals surface area contributed by atoms with Crippen LogP contribution in [0, 0.1) is 25.6 Å². The van der Waals surface area contributed by atoms with Crippen molar-refractivity contribution in [3.8, 4) is 11.5 Å². The van der Waals surface area contributed by atoms with Crippen LogP contribution in [0.2, 0.25) is 0 Å². The molecule has 2 aromatic rings. The number of hydrogen-bond donors (Lipinski definition) is 0. The summed E-state index contributed by atoms with van der Waals surface area (Å²) in [6.07, 6.45) is -13.9. The second kappa shape index (κ2) is 13.4. The molecule has 0 N–H and O–H groups in total. The van der Waals surface area contributed by atoms with Crippen molar-refractivity contribution in [3.05, 3.63) is 67.8 Å². The van der Waals surface area contributed by atoms with Gasteiger partial charge in [0.15, 0.2) is 0 Å². The second-order valence-corrected chi connectivity index (χ2v) is 12.1. The summed E-state index contributed by atoms with van der Waals surface area (Å²) in [7, 11) is 0. The predicted octanol–water partition coefficient (Wildman–Crippen LogP) is 8.29. The molecule has 1 amide bonds. The van der Waals surface area contributed by atoms with E-state index in [1.165, 1.54) is 0 Å². The predicted molar refractivity (Wildman–Crippen MR) is 147 cm³/mol. The summed E-state index contributed by atoms with van der Waals surface area (Å²) < 4.78 is 153. The lowest BCUT2D eigenvalue weighted by Crippen LogP contribution is -2.49. The average molecular weight is 724 g/mol. The summed E-state index contributed by atoms with van der Waals surface area (Å²) in [5, 5.41) is 22.6. The van der Waals surface area contributed by atoms with Crippen molar-refractivity contribution < 1.29 is 72.8 Å². The van der Waals surface area contributed by atoms with Crippen LogP contribution in [-0.2, 0) is 16.6 Å². The molecule has 0 aromatic heterocycles. The van der Waals surface area contributed by atoms with Gasteiger partial charge in [-0.05, 0) is 45.7 Å². The van der Waals surface area contributed by atoms with Crippen LogP contribution < -0.4 is 9.47 Å². The van der Waals surface area contributed by atoms with Crippen molar-refractivity contribution in [2.45, 2.75) is 63.4 Å². The number of carbonyl (C=O) groups excluding carboxylic acids is 1. The number of benzene rings is 2. The minimum Gasteiger partial charge on any atom is -0.492 e. The fourth-order valence-electron chi connectivity index (χ4n) is 4.59. The number of rotatable bonds is 10. The van der Waals surface area contributed by atoms with Crippen molar-refractivity contribution in [1.82, 2.24) is 4.90 Å². The van der Waals surface area contributed by atoms with Crippen LogP contribution in [0.25, 0.3) is 0 Å². The van der Waals surface area contributed by atoms with E-state index in [0.717, 1.165) is 4.90 Å². The standard InChI is InChI=1S/C28H27F10N3O8/c1-23(2,3)49-22(42)39-10-8-24(9-11-39,14-47-20-12-16(40(43)44)4-6-18(20)25(29,30)27(33,34)35)15-48-21-13-17(41(45)46)5-7-19(21)26(31,32)28(36,37)38/h4-7,12-13H,8-11,14-15H2,1-3H3. The maximum atomic E-state index is 14.4.